The minimum absolute atomic E-state index is 0.753. The van der Waals surface area contributed by atoms with Gasteiger partial charge in [0, 0.05) is 38.7 Å². The predicted octanol–water partition coefficient (Wildman–Crippen LogP) is 2.26. The fourth-order valence-electron chi connectivity index (χ4n) is 2.22. The lowest BCUT2D eigenvalue weighted by Crippen LogP contribution is -2.21. The lowest BCUT2D eigenvalue weighted by molar-refractivity contribution is 0.670. The van der Waals surface area contributed by atoms with Crippen molar-refractivity contribution in [2.75, 3.05) is 18.5 Å². The number of hydrogen-bond donors (Lipinski definition) is 1. The fraction of sp³-hybridized carbons (Fsp3) is 0.500. The molecule has 0 aliphatic rings. The Morgan fingerprint density at radius 3 is 2.76 bits per heavy atom. The van der Waals surface area contributed by atoms with Gasteiger partial charge in [-0.05, 0) is 31.5 Å². The summed E-state index contributed by atoms with van der Waals surface area (Å²) in [6, 6.07) is 4.24. The van der Waals surface area contributed by atoms with Crippen LogP contribution in [-0.2, 0) is 20.1 Å². The third-order valence-corrected chi connectivity index (χ3v) is 3.61. The van der Waals surface area contributed by atoms with Gasteiger partial charge in [0.1, 0.15) is 11.6 Å². The van der Waals surface area contributed by atoms with Crippen molar-refractivity contribution >= 4 is 5.82 Å². The summed E-state index contributed by atoms with van der Waals surface area (Å²) in [5.41, 5.74) is 2.35. The first kappa shape index (κ1) is 15.5. The van der Waals surface area contributed by atoms with Gasteiger partial charge in [-0.1, -0.05) is 13.0 Å². The maximum Gasteiger partial charge on any atom is 0.128 e. The molecule has 2 aromatic rings. The molecule has 2 rings (SSSR count). The zero-order chi connectivity index (χ0) is 15.2. The van der Waals surface area contributed by atoms with E-state index in [4.69, 9.17) is 4.98 Å². The van der Waals surface area contributed by atoms with E-state index < -0.39 is 0 Å². The lowest BCUT2D eigenvalue weighted by atomic mass is 10.2. The quantitative estimate of drug-likeness (QED) is 0.794. The number of nitrogens with zero attached hydrogens (tertiary/aromatic N) is 4. The van der Waals surface area contributed by atoms with Gasteiger partial charge in [-0.3, -0.25) is 0 Å². The summed E-state index contributed by atoms with van der Waals surface area (Å²) in [6.07, 6.45) is 4.94. The standard InChI is InChI=1S/C16H25N5/c1-5-8-17-11-14-6-7-15(19-13(14)2)21(4)12-16-18-9-10-20(16)3/h6-7,9-10,17H,5,8,11-12H2,1-4H3. The molecule has 5 heteroatoms. The average molecular weight is 287 g/mol. The van der Waals surface area contributed by atoms with Crippen LogP contribution in [-0.4, -0.2) is 28.1 Å². The summed E-state index contributed by atoms with van der Waals surface area (Å²) >= 11 is 0. The Morgan fingerprint density at radius 1 is 1.33 bits per heavy atom. The number of nitrogens with one attached hydrogen (secondary N) is 1. The summed E-state index contributed by atoms with van der Waals surface area (Å²) in [6.45, 7) is 6.93. The minimum Gasteiger partial charge on any atom is -0.352 e. The highest BCUT2D eigenvalue weighted by atomic mass is 15.2. The summed E-state index contributed by atoms with van der Waals surface area (Å²) < 4.78 is 2.03. The smallest absolute Gasteiger partial charge is 0.128 e. The van der Waals surface area contributed by atoms with Gasteiger partial charge < -0.3 is 14.8 Å². The number of rotatable bonds is 7. The van der Waals surface area contributed by atoms with Crippen molar-refractivity contribution in [3.8, 4) is 0 Å². The van der Waals surface area contributed by atoms with Crippen LogP contribution in [0.4, 0.5) is 5.82 Å². The number of aryl methyl sites for hydroxylation is 2. The van der Waals surface area contributed by atoms with Gasteiger partial charge in [0.05, 0.1) is 6.54 Å². The highest BCUT2D eigenvalue weighted by Gasteiger charge is 2.08. The normalized spacial score (nSPS) is 10.9. The zero-order valence-electron chi connectivity index (χ0n) is 13.4. The Labute approximate surface area is 127 Å². The number of hydrogen-bond acceptors (Lipinski definition) is 4. The first-order valence-electron chi connectivity index (χ1n) is 7.46. The SMILES string of the molecule is CCCNCc1ccc(N(C)Cc2nccn2C)nc1C. The molecular weight excluding hydrogens is 262 g/mol. The van der Waals surface area contributed by atoms with E-state index in [1.54, 1.807) is 0 Å². The molecule has 0 spiro atoms. The molecule has 0 bridgehead atoms. The Bertz CT molecular complexity index is 576. The molecule has 1 N–H and O–H groups in total. The van der Waals surface area contributed by atoms with Crippen molar-refractivity contribution in [2.45, 2.75) is 33.4 Å². The highest BCUT2D eigenvalue weighted by molar-refractivity contribution is 5.41. The molecule has 0 radical (unpaired) electrons. The van der Waals surface area contributed by atoms with Crippen LogP contribution in [0.15, 0.2) is 24.5 Å². The summed E-state index contributed by atoms with van der Waals surface area (Å²) in [5.74, 6) is 2.01. The molecule has 0 aromatic carbocycles. The second-order valence-corrected chi connectivity index (χ2v) is 5.40. The Morgan fingerprint density at radius 2 is 2.14 bits per heavy atom. The van der Waals surface area contributed by atoms with E-state index in [0.717, 1.165) is 43.4 Å². The number of anilines is 1. The van der Waals surface area contributed by atoms with Gasteiger partial charge in [-0.15, -0.1) is 0 Å². The largest absolute Gasteiger partial charge is 0.352 e. The van der Waals surface area contributed by atoms with E-state index in [0.29, 0.717) is 0 Å². The van der Waals surface area contributed by atoms with E-state index in [2.05, 4.69) is 41.2 Å². The van der Waals surface area contributed by atoms with Crippen LogP contribution in [0.2, 0.25) is 0 Å². The van der Waals surface area contributed by atoms with Crippen molar-refractivity contribution in [1.82, 2.24) is 19.9 Å². The van der Waals surface area contributed by atoms with Crippen molar-refractivity contribution in [3.05, 3.63) is 41.6 Å². The van der Waals surface area contributed by atoms with Crippen LogP contribution < -0.4 is 10.2 Å². The Kier molecular flexibility index (Phi) is 5.33. The van der Waals surface area contributed by atoms with Crippen LogP contribution >= 0.6 is 0 Å². The van der Waals surface area contributed by atoms with E-state index in [-0.39, 0.29) is 0 Å². The van der Waals surface area contributed by atoms with Gasteiger partial charge in [0.2, 0.25) is 0 Å². The predicted molar refractivity (Wildman–Crippen MR) is 86.3 cm³/mol. The number of imidazole rings is 1. The van der Waals surface area contributed by atoms with Gasteiger partial charge in [0.25, 0.3) is 0 Å². The first-order valence-corrected chi connectivity index (χ1v) is 7.46. The first-order chi connectivity index (χ1) is 10.1. The van der Waals surface area contributed by atoms with Crippen molar-refractivity contribution in [1.29, 1.82) is 0 Å². The molecule has 0 saturated heterocycles. The van der Waals surface area contributed by atoms with E-state index in [1.807, 2.05) is 31.1 Å². The third-order valence-electron chi connectivity index (χ3n) is 3.61. The van der Waals surface area contributed by atoms with Crippen LogP contribution in [0.25, 0.3) is 0 Å². The average Bonchev–Trinajstić information content (AvgIpc) is 2.86. The molecule has 2 aromatic heterocycles. The molecule has 0 fully saturated rings. The third kappa shape index (κ3) is 4.04. The molecule has 0 aliphatic heterocycles. The highest BCUT2D eigenvalue weighted by Crippen LogP contribution is 2.15. The second-order valence-electron chi connectivity index (χ2n) is 5.40. The molecule has 2 heterocycles. The maximum absolute atomic E-state index is 4.71. The topological polar surface area (TPSA) is 46.0 Å². The zero-order valence-corrected chi connectivity index (χ0v) is 13.4. The molecule has 21 heavy (non-hydrogen) atoms. The van der Waals surface area contributed by atoms with Gasteiger partial charge in [-0.25, -0.2) is 9.97 Å². The number of pyridine rings is 1. The maximum atomic E-state index is 4.71. The molecule has 0 aliphatic carbocycles. The van der Waals surface area contributed by atoms with Crippen molar-refractivity contribution in [2.24, 2.45) is 7.05 Å². The second kappa shape index (κ2) is 7.22. The molecular formula is C16H25N5. The molecule has 114 valence electrons. The van der Waals surface area contributed by atoms with Crippen LogP contribution in [0, 0.1) is 6.92 Å². The van der Waals surface area contributed by atoms with Gasteiger partial charge in [0.15, 0.2) is 0 Å². The molecule has 0 saturated carbocycles. The summed E-state index contributed by atoms with van der Waals surface area (Å²) in [7, 11) is 4.06. The van der Waals surface area contributed by atoms with Crippen LogP contribution in [0.1, 0.15) is 30.4 Å². The van der Waals surface area contributed by atoms with E-state index >= 15 is 0 Å². The monoisotopic (exact) mass is 287 g/mol. The number of aromatic nitrogens is 3. The fourth-order valence-corrected chi connectivity index (χ4v) is 2.22. The van der Waals surface area contributed by atoms with Crippen molar-refractivity contribution in [3.63, 3.8) is 0 Å². The molecule has 0 amide bonds. The van der Waals surface area contributed by atoms with Crippen LogP contribution in [0.5, 0.6) is 0 Å². The van der Waals surface area contributed by atoms with Crippen molar-refractivity contribution < 1.29 is 0 Å². The summed E-state index contributed by atoms with van der Waals surface area (Å²) in [4.78, 5) is 11.2. The Hall–Kier alpha value is -1.88. The lowest BCUT2D eigenvalue weighted by Gasteiger charge is -2.19. The Balaban J connectivity index is 2.03. The van der Waals surface area contributed by atoms with Gasteiger partial charge in [-0.2, -0.15) is 0 Å². The minimum atomic E-state index is 0.753. The van der Waals surface area contributed by atoms with E-state index in [1.165, 1.54) is 5.56 Å². The van der Waals surface area contributed by atoms with Gasteiger partial charge >= 0.3 is 0 Å². The molecule has 0 unspecified atom stereocenters. The van der Waals surface area contributed by atoms with E-state index in [9.17, 15) is 0 Å². The summed E-state index contributed by atoms with van der Waals surface area (Å²) in [5, 5.41) is 3.42. The molecule has 0 atom stereocenters. The molecule has 5 nitrogen and oxygen atoms in total. The van der Waals surface area contributed by atoms with Crippen LogP contribution in [0.3, 0.4) is 0 Å².